The van der Waals surface area contributed by atoms with Gasteiger partial charge in [-0.3, -0.25) is 9.59 Å². The van der Waals surface area contributed by atoms with Crippen LogP contribution in [0.5, 0.6) is 0 Å². The summed E-state index contributed by atoms with van der Waals surface area (Å²) in [6.45, 7) is 1.66. The minimum Gasteiger partial charge on any atom is -0.349 e. The van der Waals surface area contributed by atoms with Crippen LogP contribution in [-0.4, -0.2) is 43.9 Å². The Morgan fingerprint density at radius 2 is 2.00 bits per heavy atom. The summed E-state index contributed by atoms with van der Waals surface area (Å²) in [6.07, 6.45) is 1.27. The Hall–Kier alpha value is -1.88. The van der Waals surface area contributed by atoms with E-state index in [0.717, 1.165) is 30.8 Å². The van der Waals surface area contributed by atoms with Gasteiger partial charge < -0.3 is 15.5 Å². The van der Waals surface area contributed by atoms with Crippen LogP contribution in [0.2, 0.25) is 0 Å². The van der Waals surface area contributed by atoms with Crippen molar-refractivity contribution in [2.45, 2.75) is 12.8 Å². The Labute approximate surface area is 119 Å². The maximum Gasteiger partial charge on any atom is 0.228 e. The number of anilines is 1. The molecule has 1 unspecified atom stereocenters. The summed E-state index contributed by atoms with van der Waals surface area (Å²) >= 11 is 0. The second kappa shape index (κ2) is 6.52. The van der Waals surface area contributed by atoms with Gasteiger partial charge in [0, 0.05) is 26.3 Å². The summed E-state index contributed by atoms with van der Waals surface area (Å²) in [6, 6.07) is 7.45. The summed E-state index contributed by atoms with van der Waals surface area (Å²) < 4.78 is 0. The van der Waals surface area contributed by atoms with Gasteiger partial charge in [-0.1, -0.05) is 12.1 Å². The number of amides is 2. The predicted molar refractivity (Wildman–Crippen MR) is 78.4 cm³/mol. The zero-order valence-electron chi connectivity index (χ0n) is 12.0. The van der Waals surface area contributed by atoms with Gasteiger partial charge in [-0.05, 0) is 30.7 Å². The van der Waals surface area contributed by atoms with Crippen LogP contribution >= 0.6 is 0 Å². The molecule has 1 aromatic carbocycles. The molecule has 2 N–H and O–H groups in total. The lowest BCUT2D eigenvalue weighted by molar-refractivity contribution is -0.128. The summed E-state index contributed by atoms with van der Waals surface area (Å²) in [5.41, 5.74) is 1.73. The molecule has 0 spiro atoms. The van der Waals surface area contributed by atoms with E-state index in [1.807, 2.05) is 24.3 Å². The van der Waals surface area contributed by atoms with Gasteiger partial charge in [-0.2, -0.15) is 0 Å². The van der Waals surface area contributed by atoms with Gasteiger partial charge in [-0.15, -0.1) is 0 Å². The van der Waals surface area contributed by atoms with Gasteiger partial charge in [0.05, 0.1) is 12.3 Å². The van der Waals surface area contributed by atoms with E-state index < -0.39 is 0 Å². The van der Waals surface area contributed by atoms with E-state index in [4.69, 9.17) is 0 Å². The normalized spacial score (nSPS) is 17.8. The molecule has 5 nitrogen and oxygen atoms in total. The number of rotatable bonds is 4. The van der Waals surface area contributed by atoms with Gasteiger partial charge in [0.15, 0.2) is 0 Å². The van der Waals surface area contributed by atoms with Gasteiger partial charge in [0.25, 0.3) is 0 Å². The molecule has 1 saturated heterocycles. The van der Waals surface area contributed by atoms with Crippen molar-refractivity contribution in [2.75, 3.05) is 32.5 Å². The van der Waals surface area contributed by atoms with Gasteiger partial charge in [-0.25, -0.2) is 0 Å². The smallest absolute Gasteiger partial charge is 0.228 e. The molecule has 1 aliphatic heterocycles. The van der Waals surface area contributed by atoms with Crippen LogP contribution < -0.4 is 10.6 Å². The van der Waals surface area contributed by atoms with Crippen LogP contribution in [0.25, 0.3) is 0 Å². The average molecular weight is 275 g/mol. The van der Waals surface area contributed by atoms with E-state index in [9.17, 15) is 9.59 Å². The van der Waals surface area contributed by atoms with Crippen molar-refractivity contribution >= 4 is 17.5 Å². The molecule has 20 heavy (non-hydrogen) atoms. The minimum atomic E-state index is 0.0602. The molecule has 5 heteroatoms. The third-order valence-electron chi connectivity index (χ3n) is 3.51. The van der Waals surface area contributed by atoms with E-state index in [1.54, 1.807) is 19.0 Å². The van der Waals surface area contributed by atoms with E-state index in [-0.39, 0.29) is 17.7 Å². The van der Waals surface area contributed by atoms with Crippen LogP contribution in [0.15, 0.2) is 24.3 Å². The van der Waals surface area contributed by atoms with Crippen molar-refractivity contribution in [2.24, 2.45) is 5.92 Å². The Bertz CT molecular complexity index is 476. The molecule has 1 fully saturated rings. The SMILES string of the molecule is CN(C)C(=O)Cc1ccc(NC(=O)C2CCNC2)cc1. The summed E-state index contributed by atoms with van der Waals surface area (Å²) in [5.74, 6) is 0.191. The molecule has 0 saturated carbocycles. The number of hydrogen-bond donors (Lipinski definition) is 2. The molecule has 108 valence electrons. The van der Waals surface area contributed by atoms with Crippen LogP contribution in [-0.2, 0) is 16.0 Å². The lowest BCUT2D eigenvalue weighted by Crippen LogP contribution is -2.24. The van der Waals surface area contributed by atoms with Crippen LogP contribution in [0.1, 0.15) is 12.0 Å². The number of nitrogens with zero attached hydrogens (tertiary/aromatic N) is 1. The highest BCUT2D eigenvalue weighted by atomic mass is 16.2. The minimum absolute atomic E-state index is 0.0602. The van der Waals surface area contributed by atoms with E-state index in [0.29, 0.717) is 6.42 Å². The second-order valence-corrected chi connectivity index (χ2v) is 5.34. The fourth-order valence-corrected chi connectivity index (χ4v) is 2.16. The maximum absolute atomic E-state index is 12.0. The second-order valence-electron chi connectivity index (χ2n) is 5.34. The zero-order chi connectivity index (χ0) is 14.5. The Morgan fingerprint density at radius 1 is 1.30 bits per heavy atom. The van der Waals surface area contributed by atoms with Gasteiger partial charge >= 0.3 is 0 Å². The Balaban J connectivity index is 1.91. The molecule has 2 rings (SSSR count). The lowest BCUT2D eigenvalue weighted by atomic mass is 10.1. The largest absolute Gasteiger partial charge is 0.349 e. The fraction of sp³-hybridized carbons (Fsp3) is 0.467. The molecule has 2 amide bonds. The summed E-state index contributed by atoms with van der Waals surface area (Å²) in [5, 5.41) is 6.09. The topological polar surface area (TPSA) is 61.4 Å². The predicted octanol–water partition coefficient (Wildman–Crippen LogP) is 0.865. The molecule has 0 aromatic heterocycles. The van der Waals surface area contributed by atoms with Crippen molar-refractivity contribution in [1.82, 2.24) is 10.2 Å². The van der Waals surface area contributed by atoms with Crippen LogP contribution in [0, 0.1) is 5.92 Å². The molecular formula is C15H21N3O2. The molecule has 1 atom stereocenters. The molecule has 1 heterocycles. The van der Waals surface area contributed by atoms with Crippen LogP contribution in [0.3, 0.4) is 0 Å². The number of carbonyl (C=O) groups excluding carboxylic acids is 2. The first kappa shape index (κ1) is 14.5. The van der Waals surface area contributed by atoms with E-state index in [1.165, 1.54) is 0 Å². The monoisotopic (exact) mass is 275 g/mol. The van der Waals surface area contributed by atoms with Crippen molar-refractivity contribution in [3.05, 3.63) is 29.8 Å². The van der Waals surface area contributed by atoms with Crippen molar-refractivity contribution in [1.29, 1.82) is 0 Å². The Morgan fingerprint density at radius 3 is 2.55 bits per heavy atom. The van der Waals surface area contributed by atoms with E-state index in [2.05, 4.69) is 10.6 Å². The van der Waals surface area contributed by atoms with Crippen LogP contribution in [0.4, 0.5) is 5.69 Å². The first-order chi connectivity index (χ1) is 9.56. The highest BCUT2D eigenvalue weighted by Crippen LogP contribution is 2.14. The maximum atomic E-state index is 12.0. The fourth-order valence-electron chi connectivity index (χ4n) is 2.16. The quantitative estimate of drug-likeness (QED) is 0.857. The summed E-state index contributed by atoms with van der Waals surface area (Å²) in [7, 11) is 3.49. The standard InChI is InChI=1S/C15H21N3O2/c1-18(2)14(19)9-11-3-5-13(6-4-11)17-15(20)12-7-8-16-10-12/h3-6,12,16H,7-10H2,1-2H3,(H,17,20). The number of benzene rings is 1. The first-order valence-electron chi connectivity index (χ1n) is 6.87. The van der Waals surface area contributed by atoms with Crippen molar-refractivity contribution < 1.29 is 9.59 Å². The summed E-state index contributed by atoms with van der Waals surface area (Å²) in [4.78, 5) is 25.1. The highest BCUT2D eigenvalue weighted by molar-refractivity contribution is 5.93. The van der Waals surface area contributed by atoms with Gasteiger partial charge in [0.1, 0.15) is 0 Å². The lowest BCUT2D eigenvalue weighted by Gasteiger charge is -2.12. The zero-order valence-corrected chi connectivity index (χ0v) is 12.0. The molecule has 1 aromatic rings. The molecule has 0 radical (unpaired) electrons. The molecular weight excluding hydrogens is 254 g/mol. The van der Waals surface area contributed by atoms with Crippen molar-refractivity contribution in [3.8, 4) is 0 Å². The molecule has 1 aliphatic rings. The van der Waals surface area contributed by atoms with Gasteiger partial charge in [0.2, 0.25) is 11.8 Å². The number of likely N-dealkylation sites (N-methyl/N-ethyl adjacent to an activating group) is 1. The first-order valence-corrected chi connectivity index (χ1v) is 6.87. The third-order valence-corrected chi connectivity index (χ3v) is 3.51. The van der Waals surface area contributed by atoms with E-state index >= 15 is 0 Å². The average Bonchev–Trinajstić information content (AvgIpc) is 2.95. The number of carbonyl (C=O) groups is 2. The molecule has 0 aliphatic carbocycles. The third kappa shape index (κ3) is 3.81. The number of hydrogen-bond acceptors (Lipinski definition) is 3. The highest BCUT2D eigenvalue weighted by Gasteiger charge is 2.22. The Kier molecular flexibility index (Phi) is 4.74. The van der Waals surface area contributed by atoms with Crippen molar-refractivity contribution in [3.63, 3.8) is 0 Å². The number of nitrogens with one attached hydrogen (secondary N) is 2. The molecule has 0 bridgehead atoms.